The number of rotatable bonds is 12. The number of nitroso groups, excluding NO2 is 1. The van der Waals surface area contributed by atoms with Crippen molar-refractivity contribution in [2.24, 2.45) is 5.29 Å². The second-order valence-electron chi connectivity index (χ2n) is 9.76. The van der Waals surface area contributed by atoms with Crippen LogP contribution in [0.1, 0.15) is 18.4 Å². The first-order chi connectivity index (χ1) is 19.7. The number of hydrogen-bond acceptors (Lipinski definition) is 8. The fourth-order valence-corrected chi connectivity index (χ4v) is 6.88. The summed E-state index contributed by atoms with van der Waals surface area (Å²) in [5.74, 6) is -2.33. The largest absolute Gasteiger partial charge is 0.493 e. The highest BCUT2D eigenvalue weighted by atomic mass is 32.2. The molecule has 218 valence electrons. The summed E-state index contributed by atoms with van der Waals surface area (Å²) in [7, 11) is -2.61. The van der Waals surface area contributed by atoms with Gasteiger partial charge >= 0.3 is 0 Å². The van der Waals surface area contributed by atoms with Crippen LogP contribution in [0.25, 0.3) is 11.1 Å². The zero-order valence-corrected chi connectivity index (χ0v) is 23.3. The van der Waals surface area contributed by atoms with Crippen molar-refractivity contribution in [3.63, 3.8) is 0 Å². The van der Waals surface area contributed by atoms with Gasteiger partial charge in [-0.3, -0.25) is 4.79 Å². The number of methoxy groups -OCH3 is 1. The molecule has 3 aromatic carbocycles. The van der Waals surface area contributed by atoms with Gasteiger partial charge in [0.05, 0.1) is 23.4 Å². The SMILES string of the molecule is COCCN1CCC(C(=O)NN=O)(S(=O)(=O)c2ccc(OCCc3cccc(-c4ccc(F)c(F)c4)c3)cc2)CC1. The van der Waals surface area contributed by atoms with Gasteiger partial charge in [-0.2, -0.15) is 0 Å². The molecule has 1 amide bonds. The van der Waals surface area contributed by atoms with E-state index in [1.54, 1.807) is 13.2 Å². The molecule has 0 aromatic heterocycles. The Morgan fingerprint density at radius 2 is 1.68 bits per heavy atom. The van der Waals surface area contributed by atoms with Crippen LogP contribution < -0.4 is 10.2 Å². The maximum absolute atomic E-state index is 13.7. The molecule has 3 aromatic rings. The third-order valence-electron chi connectivity index (χ3n) is 7.32. The van der Waals surface area contributed by atoms with Crippen LogP contribution in [0.5, 0.6) is 5.75 Å². The summed E-state index contributed by atoms with van der Waals surface area (Å²) >= 11 is 0. The summed E-state index contributed by atoms with van der Waals surface area (Å²) in [6, 6.07) is 16.9. The number of piperidine rings is 1. The monoisotopic (exact) mass is 587 g/mol. The Balaban J connectivity index is 1.42. The number of carbonyl (C=O) groups excluding carboxylic acids is 1. The lowest BCUT2D eigenvalue weighted by molar-refractivity contribution is -0.125. The van der Waals surface area contributed by atoms with E-state index in [0.717, 1.165) is 23.3 Å². The lowest BCUT2D eigenvalue weighted by atomic mass is 9.95. The standard InChI is InChI=1S/C29H31F2N3O6S/c1-39-18-16-34-14-12-29(13-15-34,28(35)32-33-36)41(37,38)25-8-6-24(7-9-25)40-17-11-21-3-2-4-22(19-21)23-5-10-26(30)27(31)20-23/h2-10,19-20H,11-18H2,1H3,(H,32,35,36). The molecule has 0 aliphatic carbocycles. The van der Waals surface area contributed by atoms with Gasteiger partial charge in [-0.05, 0) is 65.9 Å². The van der Waals surface area contributed by atoms with E-state index in [4.69, 9.17) is 9.47 Å². The Labute approximate surface area is 237 Å². The molecular weight excluding hydrogens is 556 g/mol. The quantitative estimate of drug-likeness (QED) is 0.248. The number of halogens is 2. The van der Waals surface area contributed by atoms with Crippen molar-refractivity contribution in [3.8, 4) is 16.9 Å². The number of hydrogen-bond donors (Lipinski definition) is 1. The van der Waals surface area contributed by atoms with Crippen molar-refractivity contribution in [2.45, 2.75) is 28.9 Å². The third kappa shape index (κ3) is 6.77. The minimum absolute atomic E-state index is 0.00226. The summed E-state index contributed by atoms with van der Waals surface area (Å²) in [6.07, 6.45) is 0.518. The molecule has 0 atom stereocenters. The van der Waals surface area contributed by atoms with E-state index in [0.29, 0.717) is 44.0 Å². The van der Waals surface area contributed by atoms with Gasteiger partial charge in [-0.1, -0.05) is 30.3 Å². The van der Waals surface area contributed by atoms with Gasteiger partial charge in [0.25, 0.3) is 5.91 Å². The van der Waals surface area contributed by atoms with Crippen molar-refractivity contribution < 1.29 is 31.5 Å². The van der Waals surface area contributed by atoms with Crippen LogP contribution in [0.4, 0.5) is 8.78 Å². The van der Waals surface area contributed by atoms with E-state index in [1.807, 2.05) is 28.5 Å². The Kier molecular flexibility index (Phi) is 9.79. The van der Waals surface area contributed by atoms with Crippen LogP contribution in [0.3, 0.4) is 0 Å². The minimum atomic E-state index is -4.18. The van der Waals surface area contributed by atoms with Crippen molar-refractivity contribution in [3.05, 3.63) is 88.8 Å². The Bertz CT molecular complexity index is 1480. The van der Waals surface area contributed by atoms with Crippen molar-refractivity contribution in [1.29, 1.82) is 0 Å². The van der Waals surface area contributed by atoms with Crippen molar-refractivity contribution in [1.82, 2.24) is 10.3 Å². The van der Waals surface area contributed by atoms with E-state index in [1.165, 1.54) is 30.3 Å². The van der Waals surface area contributed by atoms with Gasteiger partial charge < -0.3 is 14.4 Å². The maximum Gasteiger partial charge on any atom is 0.264 e. The number of carbonyl (C=O) groups is 1. The predicted octanol–water partition coefficient (Wildman–Crippen LogP) is 4.31. The molecule has 0 bridgehead atoms. The predicted molar refractivity (Wildman–Crippen MR) is 149 cm³/mol. The summed E-state index contributed by atoms with van der Waals surface area (Å²) in [4.78, 5) is 25.6. The molecule has 1 aliphatic heterocycles. The zero-order chi connectivity index (χ0) is 29.5. The van der Waals surface area contributed by atoms with Crippen LogP contribution in [-0.2, 0) is 25.8 Å². The number of likely N-dealkylation sites (tertiary alicyclic amines) is 1. The topological polar surface area (TPSA) is 114 Å². The van der Waals surface area contributed by atoms with Crippen LogP contribution in [-0.4, -0.2) is 63.9 Å². The number of nitrogens with one attached hydrogen (secondary N) is 1. The summed E-state index contributed by atoms with van der Waals surface area (Å²) in [6.45, 7) is 2.03. The molecule has 0 radical (unpaired) electrons. The molecule has 1 saturated heterocycles. The van der Waals surface area contributed by atoms with Crippen molar-refractivity contribution in [2.75, 3.05) is 40.0 Å². The van der Waals surface area contributed by atoms with Crippen LogP contribution in [0.2, 0.25) is 0 Å². The molecule has 1 fully saturated rings. The molecule has 4 rings (SSSR count). The number of benzene rings is 3. The lowest BCUT2D eigenvalue weighted by Crippen LogP contribution is -2.57. The first-order valence-electron chi connectivity index (χ1n) is 13.1. The first kappa shape index (κ1) is 30.2. The third-order valence-corrected chi connectivity index (χ3v) is 9.84. The molecule has 1 aliphatic rings. The van der Waals surface area contributed by atoms with E-state index < -0.39 is 32.1 Å². The molecule has 0 saturated carbocycles. The van der Waals surface area contributed by atoms with Gasteiger partial charge in [0.2, 0.25) is 0 Å². The van der Waals surface area contributed by atoms with Gasteiger partial charge in [-0.25, -0.2) is 22.6 Å². The van der Waals surface area contributed by atoms with E-state index in [9.17, 15) is 26.9 Å². The fourth-order valence-electron chi connectivity index (χ4n) is 4.93. The van der Waals surface area contributed by atoms with E-state index in [-0.39, 0.29) is 24.3 Å². The summed E-state index contributed by atoms with van der Waals surface area (Å²) < 4.78 is 63.4. The van der Waals surface area contributed by atoms with Crippen LogP contribution >= 0.6 is 0 Å². The Morgan fingerprint density at radius 3 is 2.34 bits per heavy atom. The van der Waals surface area contributed by atoms with Crippen LogP contribution in [0.15, 0.2) is 76.9 Å². The number of ether oxygens (including phenoxy) is 2. The van der Waals surface area contributed by atoms with Crippen molar-refractivity contribution >= 4 is 15.7 Å². The average Bonchev–Trinajstić information content (AvgIpc) is 2.98. The van der Waals surface area contributed by atoms with E-state index >= 15 is 0 Å². The molecule has 9 nitrogen and oxygen atoms in total. The maximum atomic E-state index is 13.7. The van der Waals surface area contributed by atoms with E-state index in [2.05, 4.69) is 5.29 Å². The molecular formula is C29H31F2N3O6S. The lowest BCUT2D eigenvalue weighted by Gasteiger charge is -2.39. The van der Waals surface area contributed by atoms with Gasteiger partial charge in [0.15, 0.2) is 26.2 Å². The Hall–Kier alpha value is -3.74. The normalized spacial score (nSPS) is 15.3. The molecule has 0 spiro atoms. The summed E-state index contributed by atoms with van der Waals surface area (Å²) in [5, 5.41) is 2.44. The summed E-state index contributed by atoms with van der Waals surface area (Å²) in [5.41, 5.74) is 4.02. The van der Waals surface area contributed by atoms with Gasteiger partial charge in [0.1, 0.15) is 5.75 Å². The van der Waals surface area contributed by atoms with Gasteiger partial charge in [0, 0.05) is 33.2 Å². The average molecular weight is 588 g/mol. The van der Waals surface area contributed by atoms with Gasteiger partial charge in [-0.15, -0.1) is 4.91 Å². The number of amides is 1. The minimum Gasteiger partial charge on any atom is -0.493 e. The smallest absolute Gasteiger partial charge is 0.264 e. The van der Waals surface area contributed by atoms with Crippen LogP contribution in [0, 0.1) is 16.5 Å². The molecule has 41 heavy (non-hydrogen) atoms. The zero-order valence-electron chi connectivity index (χ0n) is 22.5. The molecule has 1 N–H and O–H groups in total. The highest BCUT2D eigenvalue weighted by Gasteiger charge is 2.53. The molecule has 0 unspecified atom stereocenters. The number of nitrogens with zero attached hydrogens (tertiary/aromatic N) is 2. The molecule has 1 heterocycles. The first-order valence-corrected chi connectivity index (χ1v) is 14.5. The Morgan fingerprint density at radius 1 is 0.976 bits per heavy atom. The highest BCUT2D eigenvalue weighted by molar-refractivity contribution is 7.93. The molecule has 12 heteroatoms. The second-order valence-corrected chi connectivity index (χ2v) is 12.0. The highest BCUT2D eigenvalue weighted by Crippen LogP contribution is 2.36. The number of sulfone groups is 1. The fraction of sp³-hybridized carbons (Fsp3) is 0.345. The second kappa shape index (κ2) is 13.3.